The standard InChI is InChI=1S/C9H11N3OS3/c1-5-6(2)15-9(13)12(5)4-7-10-11-8(14-3)16-7/h4H2,1-3H3. The highest BCUT2D eigenvalue weighted by molar-refractivity contribution is 8.00. The maximum Gasteiger partial charge on any atom is 0.307 e. The third-order valence-corrected chi connectivity index (χ3v) is 5.17. The van der Waals surface area contributed by atoms with Gasteiger partial charge in [0.2, 0.25) is 0 Å². The Morgan fingerprint density at radius 3 is 2.56 bits per heavy atom. The smallest absolute Gasteiger partial charge is 0.296 e. The number of nitrogens with zero attached hydrogens (tertiary/aromatic N) is 3. The van der Waals surface area contributed by atoms with Crippen molar-refractivity contribution in [2.24, 2.45) is 0 Å². The Morgan fingerprint density at radius 2 is 2.06 bits per heavy atom. The van der Waals surface area contributed by atoms with Gasteiger partial charge in [0.15, 0.2) is 4.34 Å². The topological polar surface area (TPSA) is 47.8 Å². The first-order chi connectivity index (χ1) is 7.61. The molecule has 2 aromatic heterocycles. The second-order valence-corrected chi connectivity index (χ2v) is 6.54. The number of thiazole rings is 1. The van der Waals surface area contributed by atoms with Gasteiger partial charge in [-0.05, 0) is 20.1 Å². The highest BCUT2D eigenvalue weighted by Gasteiger charge is 2.10. The van der Waals surface area contributed by atoms with Crippen molar-refractivity contribution in [3.63, 3.8) is 0 Å². The summed E-state index contributed by atoms with van der Waals surface area (Å²) in [6.07, 6.45) is 1.97. The van der Waals surface area contributed by atoms with Gasteiger partial charge in [0.1, 0.15) is 5.01 Å². The summed E-state index contributed by atoms with van der Waals surface area (Å²) in [5.74, 6) is 0. The van der Waals surface area contributed by atoms with Crippen LogP contribution >= 0.6 is 34.4 Å². The third-order valence-electron chi connectivity index (χ3n) is 2.29. The van der Waals surface area contributed by atoms with E-state index in [1.165, 1.54) is 11.3 Å². The first-order valence-corrected chi connectivity index (χ1v) is 7.50. The predicted molar refractivity (Wildman–Crippen MR) is 68.8 cm³/mol. The van der Waals surface area contributed by atoms with Crippen LogP contribution in [0.2, 0.25) is 0 Å². The molecule has 0 saturated heterocycles. The number of thioether (sulfide) groups is 1. The van der Waals surface area contributed by atoms with E-state index in [9.17, 15) is 4.79 Å². The normalized spacial score (nSPS) is 10.9. The van der Waals surface area contributed by atoms with Gasteiger partial charge in [-0.15, -0.1) is 10.2 Å². The minimum atomic E-state index is 0.0795. The summed E-state index contributed by atoms with van der Waals surface area (Å²) in [6, 6.07) is 0. The number of aromatic nitrogens is 3. The molecular formula is C9H11N3OS3. The van der Waals surface area contributed by atoms with Crippen LogP contribution in [0.5, 0.6) is 0 Å². The SMILES string of the molecule is CSc1nnc(Cn2c(C)c(C)sc2=O)s1. The molecule has 2 rings (SSSR count). The van der Waals surface area contributed by atoms with Crippen molar-refractivity contribution in [2.45, 2.75) is 24.7 Å². The lowest BCUT2D eigenvalue weighted by molar-refractivity contribution is 0.735. The predicted octanol–water partition coefficient (Wildman–Crippen LogP) is 2.15. The van der Waals surface area contributed by atoms with Gasteiger partial charge >= 0.3 is 4.87 Å². The lowest BCUT2D eigenvalue weighted by Gasteiger charge is -2.00. The second kappa shape index (κ2) is 4.68. The molecule has 7 heteroatoms. The van der Waals surface area contributed by atoms with E-state index in [1.54, 1.807) is 27.7 Å². The molecule has 2 heterocycles. The van der Waals surface area contributed by atoms with Gasteiger partial charge in [0.25, 0.3) is 0 Å². The number of hydrogen-bond acceptors (Lipinski definition) is 6. The summed E-state index contributed by atoms with van der Waals surface area (Å²) in [6.45, 7) is 4.46. The molecule has 0 bridgehead atoms. The van der Waals surface area contributed by atoms with Crippen molar-refractivity contribution in [1.82, 2.24) is 14.8 Å². The first kappa shape index (κ1) is 11.8. The summed E-state index contributed by atoms with van der Waals surface area (Å²) in [5.41, 5.74) is 1.02. The maximum atomic E-state index is 11.7. The molecule has 0 spiro atoms. The largest absolute Gasteiger partial charge is 0.307 e. The Kier molecular flexibility index (Phi) is 3.46. The Bertz CT molecular complexity index is 555. The van der Waals surface area contributed by atoms with Crippen LogP contribution in [-0.4, -0.2) is 21.0 Å². The Hall–Kier alpha value is -0.660. The van der Waals surface area contributed by atoms with Gasteiger partial charge in [0.05, 0.1) is 6.54 Å². The van der Waals surface area contributed by atoms with Crippen molar-refractivity contribution < 1.29 is 0 Å². The third kappa shape index (κ3) is 2.21. The van der Waals surface area contributed by atoms with Crippen molar-refractivity contribution in [1.29, 1.82) is 0 Å². The molecule has 0 unspecified atom stereocenters. The highest BCUT2D eigenvalue weighted by atomic mass is 32.2. The number of aryl methyl sites for hydroxylation is 1. The van der Waals surface area contributed by atoms with Crippen molar-refractivity contribution in [2.75, 3.05) is 6.26 Å². The van der Waals surface area contributed by atoms with Crippen molar-refractivity contribution in [3.05, 3.63) is 25.2 Å². The van der Waals surface area contributed by atoms with E-state index < -0.39 is 0 Å². The van der Waals surface area contributed by atoms with Gasteiger partial charge in [0, 0.05) is 10.6 Å². The van der Waals surface area contributed by atoms with Crippen LogP contribution in [0, 0.1) is 13.8 Å². The van der Waals surface area contributed by atoms with Gasteiger partial charge in [-0.3, -0.25) is 9.36 Å². The molecule has 16 heavy (non-hydrogen) atoms. The van der Waals surface area contributed by atoms with Crippen molar-refractivity contribution >= 4 is 34.4 Å². The highest BCUT2D eigenvalue weighted by Crippen LogP contribution is 2.20. The van der Waals surface area contributed by atoms with E-state index in [-0.39, 0.29) is 4.87 Å². The minimum Gasteiger partial charge on any atom is -0.296 e. The molecule has 0 fully saturated rings. The fourth-order valence-corrected chi connectivity index (χ4v) is 3.42. The molecule has 0 saturated carbocycles. The van der Waals surface area contributed by atoms with E-state index in [1.807, 2.05) is 20.1 Å². The molecule has 0 atom stereocenters. The molecule has 86 valence electrons. The fraction of sp³-hybridized carbons (Fsp3) is 0.444. The summed E-state index contributed by atoms with van der Waals surface area (Å²) in [5, 5.41) is 8.96. The summed E-state index contributed by atoms with van der Waals surface area (Å²) < 4.78 is 2.69. The molecule has 0 aliphatic heterocycles. The van der Waals surface area contributed by atoms with E-state index in [0.717, 1.165) is 19.9 Å². The van der Waals surface area contributed by atoms with E-state index >= 15 is 0 Å². The van der Waals surface area contributed by atoms with Gasteiger partial charge < -0.3 is 0 Å². The van der Waals surface area contributed by atoms with Crippen LogP contribution < -0.4 is 4.87 Å². The molecule has 0 radical (unpaired) electrons. The zero-order valence-electron chi connectivity index (χ0n) is 9.18. The Morgan fingerprint density at radius 1 is 1.31 bits per heavy atom. The number of rotatable bonds is 3. The second-order valence-electron chi connectivity index (χ2n) is 3.26. The molecule has 0 amide bonds. The lowest BCUT2D eigenvalue weighted by Crippen LogP contribution is -2.15. The molecule has 0 aromatic carbocycles. The number of hydrogen-bond donors (Lipinski definition) is 0. The minimum absolute atomic E-state index is 0.0795. The molecule has 0 aliphatic rings. The quantitative estimate of drug-likeness (QED) is 0.804. The summed E-state index contributed by atoms with van der Waals surface area (Å²) in [7, 11) is 0. The van der Waals surface area contributed by atoms with Crippen molar-refractivity contribution in [3.8, 4) is 0 Å². The first-order valence-electron chi connectivity index (χ1n) is 4.65. The van der Waals surface area contributed by atoms with Crippen LogP contribution in [0.25, 0.3) is 0 Å². The molecule has 4 nitrogen and oxygen atoms in total. The average molecular weight is 273 g/mol. The molecular weight excluding hydrogens is 262 g/mol. The molecule has 0 N–H and O–H groups in total. The lowest BCUT2D eigenvalue weighted by atomic mass is 10.4. The monoisotopic (exact) mass is 273 g/mol. The zero-order valence-corrected chi connectivity index (χ0v) is 11.6. The van der Waals surface area contributed by atoms with Crippen LogP contribution in [0.15, 0.2) is 9.13 Å². The summed E-state index contributed by atoms with van der Waals surface area (Å²) >= 11 is 4.40. The molecule has 0 aliphatic carbocycles. The van der Waals surface area contributed by atoms with Gasteiger partial charge in [-0.1, -0.05) is 34.4 Å². The average Bonchev–Trinajstić information content (AvgIpc) is 2.80. The van der Waals surface area contributed by atoms with Gasteiger partial charge in [-0.2, -0.15) is 0 Å². The van der Waals surface area contributed by atoms with E-state index in [0.29, 0.717) is 6.54 Å². The zero-order chi connectivity index (χ0) is 11.7. The van der Waals surface area contributed by atoms with Gasteiger partial charge in [-0.25, -0.2) is 0 Å². The van der Waals surface area contributed by atoms with Crippen LogP contribution in [0.3, 0.4) is 0 Å². The molecule has 2 aromatic rings. The Balaban J connectivity index is 2.30. The van der Waals surface area contributed by atoms with E-state index in [4.69, 9.17) is 0 Å². The van der Waals surface area contributed by atoms with Crippen LogP contribution in [-0.2, 0) is 6.54 Å². The van der Waals surface area contributed by atoms with Crippen LogP contribution in [0.4, 0.5) is 0 Å². The fourth-order valence-electron chi connectivity index (χ4n) is 1.29. The summed E-state index contributed by atoms with van der Waals surface area (Å²) in [4.78, 5) is 12.8. The maximum absolute atomic E-state index is 11.7. The van der Waals surface area contributed by atoms with E-state index in [2.05, 4.69) is 10.2 Å². The van der Waals surface area contributed by atoms with Crippen LogP contribution in [0.1, 0.15) is 15.6 Å². The Labute approximate surface area is 105 Å².